The summed E-state index contributed by atoms with van der Waals surface area (Å²) in [6.45, 7) is 7.48. The third-order valence-corrected chi connectivity index (χ3v) is 3.21. The van der Waals surface area contributed by atoms with E-state index in [0.29, 0.717) is 5.92 Å². The number of benzene rings is 1. The molecular formula is C15H23NO. The number of piperidine rings is 1. The maximum Gasteiger partial charge on any atom is 0.219 e. The number of amides is 1. The Morgan fingerprint density at radius 1 is 1.12 bits per heavy atom. The van der Waals surface area contributed by atoms with Gasteiger partial charge in [-0.1, -0.05) is 44.2 Å². The Balaban J connectivity index is 0.000000686. The summed E-state index contributed by atoms with van der Waals surface area (Å²) in [7, 11) is 0. The van der Waals surface area contributed by atoms with Gasteiger partial charge in [-0.15, -0.1) is 0 Å². The maximum atomic E-state index is 11.2. The van der Waals surface area contributed by atoms with Gasteiger partial charge in [-0.2, -0.15) is 0 Å². The fourth-order valence-corrected chi connectivity index (χ4v) is 2.25. The minimum Gasteiger partial charge on any atom is -0.343 e. The van der Waals surface area contributed by atoms with Gasteiger partial charge in [-0.3, -0.25) is 4.79 Å². The normalized spacial score (nSPS) is 16.1. The quantitative estimate of drug-likeness (QED) is 0.727. The number of carbonyl (C=O) groups is 1. The summed E-state index contributed by atoms with van der Waals surface area (Å²) in [6.07, 6.45) is 2.20. The molecule has 0 aliphatic carbocycles. The molecule has 0 aromatic heterocycles. The van der Waals surface area contributed by atoms with Gasteiger partial charge < -0.3 is 4.90 Å². The Bertz CT molecular complexity index is 326. The van der Waals surface area contributed by atoms with Crippen molar-refractivity contribution in [1.29, 1.82) is 0 Å². The number of nitrogens with zero attached hydrogens (tertiary/aromatic N) is 1. The minimum atomic E-state index is 0.210. The van der Waals surface area contributed by atoms with Gasteiger partial charge in [0, 0.05) is 20.0 Å². The first-order chi connectivity index (χ1) is 8.27. The highest BCUT2D eigenvalue weighted by molar-refractivity contribution is 5.73. The van der Waals surface area contributed by atoms with Crippen molar-refractivity contribution in [3.8, 4) is 0 Å². The second-order valence-corrected chi connectivity index (χ2v) is 4.19. The lowest BCUT2D eigenvalue weighted by molar-refractivity contribution is -0.129. The van der Waals surface area contributed by atoms with E-state index in [1.807, 2.05) is 24.8 Å². The Kier molecular flexibility index (Phi) is 5.75. The highest BCUT2D eigenvalue weighted by Crippen LogP contribution is 2.27. The third kappa shape index (κ3) is 3.88. The lowest BCUT2D eigenvalue weighted by atomic mass is 9.89. The number of hydrogen-bond acceptors (Lipinski definition) is 1. The van der Waals surface area contributed by atoms with E-state index < -0.39 is 0 Å². The van der Waals surface area contributed by atoms with E-state index in [1.165, 1.54) is 5.56 Å². The molecule has 1 heterocycles. The Labute approximate surface area is 105 Å². The van der Waals surface area contributed by atoms with E-state index in [0.717, 1.165) is 25.9 Å². The average Bonchev–Trinajstić information content (AvgIpc) is 2.42. The second kappa shape index (κ2) is 7.10. The molecule has 2 rings (SSSR count). The van der Waals surface area contributed by atoms with Crippen LogP contribution in [0.1, 0.15) is 45.1 Å². The lowest BCUT2D eigenvalue weighted by Crippen LogP contribution is -2.36. The summed E-state index contributed by atoms with van der Waals surface area (Å²) >= 11 is 0. The third-order valence-electron chi connectivity index (χ3n) is 3.21. The van der Waals surface area contributed by atoms with E-state index >= 15 is 0 Å². The molecule has 0 atom stereocenters. The van der Waals surface area contributed by atoms with Crippen LogP contribution < -0.4 is 0 Å². The first-order valence-electron chi connectivity index (χ1n) is 6.58. The summed E-state index contributed by atoms with van der Waals surface area (Å²) < 4.78 is 0. The number of hydrogen-bond donors (Lipinski definition) is 0. The van der Waals surface area contributed by atoms with Crippen molar-refractivity contribution in [3.05, 3.63) is 35.9 Å². The van der Waals surface area contributed by atoms with Crippen molar-refractivity contribution in [2.24, 2.45) is 0 Å². The molecule has 1 fully saturated rings. The first kappa shape index (κ1) is 13.8. The monoisotopic (exact) mass is 233 g/mol. The predicted octanol–water partition coefficient (Wildman–Crippen LogP) is 3.44. The van der Waals surface area contributed by atoms with Gasteiger partial charge in [-0.05, 0) is 24.3 Å². The van der Waals surface area contributed by atoms with Gasteiger partial charge in [0.15, 0.2) is 0 Å². The predicted molar refractivity (Wildman–Crippen MR) is 72.0 cm³/mol. The fraction of sp³-hybridized carbons (Fsp3) is 0.533. The van der Waals surface area contributed by atoms with Crippen molar-refractivity contribution in [2.75, 3.05) is 13.1 Å². The number of likely N-dealkylation sites (tertiary alicyclic amines) is 1. The molecule has 1 aliphatic rings. The van der Waals surface area contributed by atoms with Gasteiger partial charge in [-0.25, -0.2) is 0 Å². The fourth-order valence-electron chi connectivity index (χ4n) is 2.25. The Morgan fingerprint density at radius 3 is 2.12 bits per heavy atom. The molecule has 1 saturated heterocycles. The van der Waals surface area contributed by atoms with Crippen LogP contribution in [0.5, 0.6) is 0 Å². The second-order valence-electron chi connectivity index (χ2n) is 4.19. The van der Waals surface area contributed by atoms with Crippen LogP contribution in [0, 0.1) is 0 Å². The minimum absolute atomic E-state index is 0.210. The maximum absolute atomic E-state index is 11.2. The van der Waals surface area contributed by atoms with E-state index in [-0.39, 0.29) is 5.91 Å². The van der Waals surface area contributed by atoms with Crippen molar-refractivity contribution < 1.29 is 4.79 Å². The smallest absolute Gasteiger partial charge is 0.219 e. The highest BCUT2D eigenvalue weighted by atomic mass is 16.2. The molecule has 1 amide bonds. The van der Waals surface area contributed by atoms with Crippen LogP contribution >= 0.6 is 0 Å². The first-order valence-corrected chi connectivity index (χ1v) is 6.58. The van der Waals surface area contributed by atoms with Crippen LogP contribution in [0.3, 0.4) is 0 Å². The molecule has 1 aliphatic heterocycles. The molecule has 0 unspecified atom stereocenters. The zero-order valence-corrected chi connectivity index (χ0v) is 11.1. The van der Waals surface area contributed by atoms with Crippen LogP contribution in [0.25, 0.3) is 0 Å². The van der Waals surface area contributed by atoms with Crippen LogP contribution in [0.15, 0.2) is 30.3 Å². The average molecular weight is 233 g/mol. The molecule has 1 aromatic rings. The van der Waals surface area contributed by atoms with Crippen molar-refractivity contribution >= 4 is 5.91 Å². The standard InChI is InChI=1S/C13H17NO.C2H6/c1-11(15)14-9-7-13(8-10-14)12-5-3-2-4-6-12;1-2/h2-6,13H,7-10H2,1H3;1-2H3. The number of carbonyl (C=O) groups excluding carboxylic acids is 1. The summed E-state index contributed by atoms with van der Waals surface area (Å²) in [5, 5.41) is 0. The zero-order chi connectivity index (χ0) is 12.7. The van der Waals surface area contributed by atoms with Crippen LogP contribution in [0.4, 0.5) is 0 Å². The van der Waals surface area contributed by atoms with Gasteiger partial charge >= 0.3 is 0 Å². The number of rotatable bonds is 1. The van der Waals surface area contributed by atoms with E-state index in [9.17, 15) is 4.79 Å². The van der Waals surface area contributed by atoms with E-state index in [4.69, 9.17) is 0 Å². The topological polar surface area (TPSA) is 20.3 Å². The highest BCUT2D eigenvalue weighted by Gasteiger charge is 2.21. The summed E-state index contributed by atoms with van der Waals surface area (Å²) in [6, 6.07) is 10.6. The molecule has 0 saturated carbocycles. The van der Waals surface area contributed by atoms with Crippen LogP contribution in [-0.4, -0.2) is 23.9 Å². The summed E-state index contributed by atoms with van der Waals surface area (Å²) in [4.78, 5) is 13.1. The molecular weight excluding hydrogens is 210 g/mol. The van der Waals surface area contributed by atoms with E-state index in [1.54, 1.807) is 6.92 Å². The lowest BCUT2D eigenvalue weighted by Gasteiger charge is -2.31. The summed E-state index contributed by atoms with van der Waals surface area (Å²) in [5.74, 6) is 0.850. The van der Waals surface area contributed by atoms with Crippen molar-refractivity contribution in [3.63, 3.8) is 0 Å². The zero-order valence-electron chi connectivity index (χ0n) is 11.1. The van der Waals surface area contributed by atoms with Gasteiger partial charge in [0.2, 0.25) is 5.91 Å². The molecule has 17 heavy (non-hydrogen) atoms. The van der Waals surface area contributed by atoms with Crippen molar-refractivity contribution in [2.45, 2.75) is 39.5 Å². The SMILES string of the molecule is CC.CC(=O)N1CCC(c2ccccc2)CC1. The van der Waals surface area contributed by atoms with Crippen molar-refractivity contribution in [1.82, 2.24) is 4.90 Å². The Morgan fingerprint density at radius 2 is 1.65 bits per heavy atom. The van der Waals surface area contributed by atoms with Gasteiger partial charge in [0.25, 0.3) is 0 Å². The molecule has 1 aromatic carbocycles. The van der Waals surface area contributed by atoms with Crippen LogP contribution in [-0.2, 0) is 4.79 Å². The molecule has 2 nitrogen and oxygen atoms in total. The summed E-state index contributed by atoms with van der Waals surface area (Å²) in [5.41, 5.74) is 1.42. The van der Waals surface area contributed by atoms with E-state index in [2.05, 4.69) is 24.3 Å². The molecule has 2 heteroatoms. The molecule has 0 spiro atoms. The molecule has 94 valence electrons. The molecule has 0 bridgehead atoms. The van der Waals surface area contributed by atoms with Gasteiger partial charge in [0.1, 0.15) is 0 Å². The Hall–Kier alpha value is -1.31. The van der Waals surface area contributed by atoms with Crippen LogP contribution in [0.2, 0.25) is 0 Å². The van der Waals surface area contributed by atoms with Gasteiger partial charge in [0.05, 0.1) is 0 Å². The molecule has 0 radical (unpaired) electrons. The largest absolute Gasteiger partial charge is 0.343 e. The molecule has 0 N–H and O–H groups in total.